The summed E-state index contributed by atoms with van der Waals surface area (Å²) in [4.78, 5) is 24.9. The molecule has 6 nitrogen and oxygen atoms in total. The Hall–Kier alpha value is -2.76. The predicted molar refractivity (Wildman–Crippen MR) is 89.7 cm³/mol. The van der Waals surface area contributed by atoms with Gasteiger partial charge < -0.3 is 14.6 Å². The third-order valence-electron chi connectivity index (χ3n) is 3.74. The monoisotopic (exact) mass is 315 g/mol. The standard InChI is InChI=1S/C17H21N3O3/c1-4-20(5-2)16(21)15-10-13(11-19(15)3)12-6-8-14(9-7-12)18-17(22)23/h6-11,18H,4-5H2,1-3H3,(H,22,23). The fraction of sp³-hybridized carbons (Fsp3) is 0.294. The molecule has 0 aliphatic heterocycles. The largest absolute Gasteiger partial charge is 0.465 e. The van der Waals surface area contributed by atoms with Crippen LogP contribution in [0.2, 0.25) is 0 Å². The number of rotatable bonds is 5. The van der Waals surface area contributed by atoms with Crippen LogP contribution in [-0.4, -0.2) is 39.7 Å². The number of nitrogens with zero attached hydrogens (tertiary/aromatic N) is 2. The second-order valence-electron chi connectivity index (χ2n) is 5.21. The molecule has 0 radical (unpaired) electrons. The SMILES string of the molecule is CCN(CC)C(=O)c1cc(-c2ccc(NC(=O)O)cc2)cn1C. The molecule has 0 saturated heterocycles. The van der Waals surface area contributed by atoms with Gasteiger partial charge in [-0.15, -0.1) is 0 Å². The summed E-state index contributed by atoms with van der Waals surface area (Å²) < 4.78 is 1.82. The van der Waals surface area contributed by atoms with Gasteiger partial charge in [0.1, 0.15) is 5.69 Å². The normalized spacial score (nSPS) is 10.4. The molecule has 2 rings (SSSR count). The molecule has 0 atom stereocenters. The van der Waals surface area contributed by atoms with Crippen molar-refractivity contribution in [1.29, 1.82) is 0 Å². The first-order chi connectivity index (χ1) is 11.0. The molecule has 2 N–H and O–H groups in total. The third-order valence-corrected chi connectivity index (χ3v) is 3.74. The fourth-order valence-corrected chi connectivity index (χ4v) is 2.48. The van der Waals surface area contributed by atoms with Crippen molar-refractivity contribution >= 4 is 17.7 Å². The zero-order chi connectivity index (χ0) is 17.0. The summed E-state index contributed by atoms with van der Waals surface area (Å²) >= 11 is 0. The number of aryl methyl sites for hydroxylation is 1. The smallest absolute Gasteiger partial charge is 0.409 e. The Morgan fingerprint density at radius 1 is 1.13 bits per heavy atom. The molecule has 2 aromatic rings. The molecule has 1 aromatic carbocycles. The summed E-state index contributed by atoms with van der Waals surface area (Å²) in [6.07, 6.45) is 0.806. The Kier molecular flexibility index (Phi) is 5.05. The highest BCUT2D eigenvalue weighted by molar-refractivity contribution is 5.94. The van der Waals surface area contributed by atoms with Crippen LogP contribution in [0.3, 0.4) is 0 Å². The van der Waals surface area contributed by atoms with Gasteiger partial charge in [0.2, 0.25) is 0 Å². The summed E-state index contributed by atoms with van der Waals surface area (Å²) in [7, 11) is 1.85. The Bertz CT molecular complexity index is 700. The number of aromatic nitrogens is 1. The Morgan fingerprint density at radius 3 is 2.26 bits per heavy atom. The van der Waals surface area contributed by atoms with E-state index in [9.17, 15) is 9.59 Å². The van der Waals surface area contributed by atoms with Crippen molar-refractivity contribution in [2.45, 2.75) is 13.8 Å². The number of anilines is 1. The molecule has 0 unspecified atom stereocenters. The first kappa shape index (κ1) is 16.6. The lowest BCUT2D eigenvalue weighted by molar-refractivity contribution is 0.0763. The van der Waals surface area contributed by atoms with Crippen molar-refractivity contribution in [3.05, 3.63) is 42.2 Å². The lowest BCUT2D eigenvalue weighted by Gasteiger charge is -2.18. The lowest BCUT2D eigenvalue weighted by Crippen LogP contribution is -2.31. The molecule has 1 aromatic heterocycles. The summed E-state index contributed by atoms with van der Waals surface area (Å²) in [5, 5.41) is 11.0. The van der Waals surface area contributed by atoms with E-state index in [1.54, 1.807) is 17.0 Å². The zero-order valence-electron chi connectivity index (χ0n) is 13.5. The first-order valence-electron chi connectivity index (χ1n) is 7.52. The van der Waals surface area contributed by atoms with E-state index in [0.717, 1.165) is 11.1 Å². The first-order valence-corrected chi connectivity index (χ1v) is 7.52. The minimum absolute atomic E-state index is 0.00733. The Morgan fingerprint density at radius 2 is 1.74 bits per heavy atom. The zero-order valence-corrected chi connectivity index (χ0v) is 13.5. The molecule has 1 heterocycles. The van der Waals surface area contributed by atoms with E-state index in [1.807, 2.05) is 49.9 Å². The number of carboxylic acid groups (broad SMARTS) is 1. The van der Waals surface area contributed by atoms with Gasteiger partial charge in [-0.2, -0.15) is 0 Å². The molecule has 2 amide bonds. The highest BCUT2D eigenvalue weighted by Gasteiger charge is 2.17. The van der Waals surface area contributed by atoms with Gasteiger partial charge >= 0.3 is 6.09 Å². The molecule has 23 heavy (non-hydrogen) atoms. The predicted octanol–water partition coefficient (Wildman–Crippen LogP) is 3.26. The molecule has 0 saturated carbocycles. The number of benzene rings is 1. The van der Waals surface area contributed by atoms with Gasteiger partial charge in [0.25, 0.3) is 5.91 Å². The van der Waals surface area contributed by atoms with Crippen LogP contribution in [0.15, 0.2) is 36.5 Å². The van der Waals surface area contributed by atoms with E-state index in [4.69, 9.17) is 5.11 Å². The topological polar surface area (TPSA) is 74.6 Å². The van der Waals surface area contributed by atoms with Gasteiger partial charge in [-0.05, 0) is 37.6 Å². The maximum absolute atomic E-state index is 12.5. The number of carbonyl (C=O) groups is 2. The van der Waals surface area contributed by atoms with Gasteiger partial charge in [-0.25, -0.2) is 4.79 Å². The van der Waals surface area contributed by atoms with Crippen molar-refractivity contribution in [3.8, 4) is 11.1 Å². The minimum Gasteiger partial charge on any atom is -0.465 e. The van der Waals surface area contributed by atoms with E-state index in [0.29, 0.717) is 24.5 Å². The molecule has 0 spiro atoms. The maximum Gasteiger partial charge on any atom is 0.409 e. The molecule has 0 bridgehead atoms. The van der Waals surface area contributed by atoms with Crippen molar-refractivity contribution < 1.29 is 14.7 Å². The van der Waals surface area contributed by atoms with E-state index >= 15 is 0 Å². The number of carbonyl (C=O) groups excluding carboxylic acids is 1. The second-order valence-corrected chi connectivity index (χ2v) is 5.21. The highest BCUT2D eigenvalue weighted by atomic mass is 16.4. The summed E-state index contributed by atoms with van der Waals surface area (Å²) in [5.74, 6) is 0.00733. The molecular formula is C17H21N3O3. The summed E-state index contributed by atoms with van der Waals surface area (Å²) in [6, 6.07) is 8.91. The molecular weight excluding hydrogens is 294 g/mol. The van der Waals surface area contributed by atoms with Crippen LogP contribution in [0.25, 0.3) is 11.1 Å². The van der Waals surface area contributed by atoms with Crippen LogP contribution < -0.4 is 5.32 Å². The van der Waals surface area contributed by atoms with Gasteiger partial charge in [0.15, 0.2) is 0 Å². The maximum atomic E-state index is 12.5. The summed E-state index contributed by atoms with van der Waals surface area (Å²) in [6.45, 7) is 5.26. The van der Waals surface area contributed by atoms with E-state index in [1.165, 1.54) is 0 Å². The van der Waals surface area contributed by atoms with E-state index in [-0.39, 0.29) is 5.91 Å². The molecule has 0 aliphatic rings. The number of hydrogen-bond acceptors (Lipinski definition) is 2. The average molecular weight is 315 g/mol. The molecule has 122 valence electrons. The van der Waals surface area contributed by atoms with E-state index in [2.05, 4.69) is 5.32 Å². The van der Waals surface area contributed by atoms with Crippen LogP contribution >= 0.6 is 0 Å². The van der Waals surface area contributed by atoms with Crippen molar-refractivity contribution in [2.24, 2.45) is 7.05 Å². The summed E-state index contributed by atoms with van der Waals surface area (Å²) in [5.41, 5.74) is 2.99. The van der Waals surface area contributed by atoms with Crippen LogP contribution in [0.4, 0.5) is 10.5 Å². The van der Waals surface area contributed by atoms with Gasteiger partial charge in [0, 0.05) is 37.6 Å². The molecule has 0 aliphatic carbocycles. The van der Waals surface area contributed by atoms with E-state index < -0.39 is 6.09 Å². The number of nitrogens with one attached hydrogen (secondary N) is 1. The van der Waals surface area contributed by atoms with Crippen LogP contribution in [0.1, 0.15) is 24.3 Å². The average Bonchev–Trinajstić information content (AvgIpc) is 2.90. The molecule has 0 fully saturated rings. The van der Waals surface area contributed by atoms with Crippen LogP contribution in [-0.2, 0) is 7.05 Å². The third kappa shape index (κ3) is 3.71. The second kappa shape index (κ2) is 7.00. The van der Waals surface area contributed by atoms with Gasteiger partial charge in [-0.1, -0.05) is 12.1 Å². The highest BCUT2D eigenvalue weighted by Crippen LogP contribution is 2.24. The van der Waals surface area contributed by atoms with Gasteiger partial charge in [0.05, 0.1) is 0 Å². The Labute approximate surface area is 135 Å². The number of amides is 2. The minimum atomic E-state index is -1.09. The van der Waals surface area contributed by atoms with Crippen molar-refractivity contribution in [1.82, 2.24) is 9.47 Å². The fourth-order valence-electron chi connectivity index (χ4n) is 2.48. The van der Waals surface area contributed by atoms with Crippen molar-refractivity contribution in [2.75, 3.05) is 18.4 Å². The van der Waals surface area contributed by atoms with Crippen LogP contribution in [0.5, 0.6) is 0 Å². The van der Waals surface area contributed by atoms with Crippen LogP contribution in [0, 0.1) is 0 Å². The molecule has 6 heteroatoms. The lowest BCUT2D eigenvalue weighted by atomic mass is 10.1. The van der Waals surface area contributed by atoms with Gasteiger partial charge in [-0.3, -0.25) is 10.1 Å². The quantitative estimate of drug-likeness (QED) is 0.889. The Balaban J connectivity index is 2.26. The van der Waals surface area contributed by atoms with Crippen molar-refractivity contribution in [3.63, 3.8) is 0 Å². The number of hydrogen-bond donors (Lipinski definition) is 2.